The molecule has 18 heavy (non-hydrogen) atoms. The number of benzene rings is 1. The van der Waals surface area contributed by atoms with Crippen LogP contribution in [0.5, 0.6) is 0 Å². The molecule has 3 aliphatic rings. The van der Waals surface area contributed by atoms with E-state index in [0.717, 1.165) is 50.3 Å². The Morgan fingerprint density at radius 2 is 1.50 bits per heavy atom. The normalized spacial score (nSPS) is 33.2. The number of rotatable bonds is 1. The fraction of sp³-hybridized carbons (Fsp3) is 0.538. The van der Waals surface area contributed by atoms with Crippen LogP contribution in [0.25, 0.3) is 0 Å². The molecule has 3 aliphatic heterocycles. The summed E-state index contributed by atoms with van der Waals surface area (Å²) in [7, 11) is 0. The van der Waals surface area contributed by atoms with Gasteiger partial charge in [-0.25, -0.2) is 0 Å². The molecule has 2 bridgehead atoms. The van der Waals surface area contributed by atoms with Crippen LogP contribution in [0.2, 0.25) is 0 Å². The molecule has 0 spiro atoms. The van der Waals surface area contributed by atoms with Crippen molar-refractivity contribution in [2.24, 2.45) is 0 Å². The maximum atomic E-state index is 6.12. The van der Waals surface area contributed by atoms with E-state index >= 15 is 0 Å². The summed E-state index contributed by atoms with van der Waals surface area (Å²) in [5.41, 5.74) is 0. The molecule has 1 aromatic carbocycles. The van der Waals surface area contributed by atoms with Crippen molar-refractivity contribution in [3.8, 4) is 0 Å². The molecule has 4 nitrogen and oxygen atoms in total. The molecule has 3 fully saturated rings. The van der Waals surface area contributed by atoms with Gasteiger partial charge in [-0.05, 0) is 0 Å². The zero-order valence-electron chi connectivity index (χ0n) is 10.5. The predicted molar refractivity (Wildman–Crippen MR) is 70.7 cm³/mol. The van der Waals surface area contributed by atoms with Crippen molar-refractivity contribution in [1.82, 2.24) is 4.90 Å². The molecule has 5 heteroatoms. The Morgan fingerprint density at radius 3 is 2.22 bits per heavy atom. The van der Waals surface area contributed by atoms with Crippen LogP contribution in [0.4, 0.5) is 0 Å². The van der Waals surface area contributed by atoms with Gasteiger partial charge in [0.25, 0.3) is 0 Å². The Hall–Kier alpha value is -0.397. The first-order valence-corrected chi connectivity index (χ1v) is 10.2. The molecule has 0 saturated carbocycles. The van der Waals surface area contributed by atoms with Gasteiger partial charge in [-0.1, -0.05) is 0 Å². The standard InChI is InChI=1S/C13H19GeNO3/c1-2-5-13(6-3-1)14-16-10-4-7-15(8-11-17-14)9-12-18-14/h1-3,5-6H,4,7-12H2. The Kier molecular flexibility index (Phi) is 4.01. The molecule has 98 valence electrons. The molecular weight excluding hydrogens is 291 g/mol. The van der Waals surface area contributed by atoms with Gasteiger partial charge in [-0.15, -0.1) is 0 Å². The quantitative estimate of drug-likeness (QED) is 0.711. The number of nitrogens with zero attached hydrogens (tertiary/aromatic N) is 1. The molecule has 0 aliphatic carbocycles. The van der Waals surface area contributed by atoms with Crippen LogP contribution in [0.1, 0.15) is 6.42 Å². The second-order valence-electron chi connectivity index (χ2n) is 4.66. The van der Waals surface area contributed by atoms with Crippen LogP contribution in [-0.4, -0.2) is 58.6 Å². The molecule has 3 heterocycles. The van der Waals surface area contributed by atoms with E-state index in [2.05, 4.69) is 17.0 Å². The zero-order valence-corrected chi connectivity index (χ0v) is 12.6. The first-order chi connectivity index (χ1) is 8.89. The van der Waals surface area contributed by atoms with E-state index in [-0.39, 0.29) is 0 Å². The van der Waals surface area contributed by atoms with Crippen molar-refractivity contribution in [3.05, 3.63) is 30.3 Å². The Morgan fingerprint density at radius 1 is 0.833 bits per heavy atom. The number of hydrogen-bond donors (Lipinski definition) is 0. The summed E-state index contributed by atoms with van der Waals surface area (Å²) < 4.78 is 19.5. The van der Waals surface area contributed by atoms with E-state index in [4.69, 9.17) is 11.3 Å². The summed E-state index contributed by atoms with van der Waals surface area (Å²) in [5, 5.41) is 0. The van der Waals surface area contributed by atoms with E-state index < -0.39 is 14.3 Å². The van der Waals surface area contributed by atoms with Gasteiger partial charge in [0.2, 0.25) is 0 Å². The topological polar surface area (TPSA) is 30.9 Å². The van der Waals surface area contributed by atoms with Crippen LogP contribution in [0, 0.1) is 0 Å². The molecule has 1 aromatic rings. The Balaban J connectivity index is 1.91. The average molecular weight is 310 g/mol. The van der Waals surface area contributed by atoms with Crippen molar-refractivity contribution >= 4 is 18.7 Å². The van der Waals surface area contributed by atoms with Crippen LogP contribution < -0.4 is 4.40 Å². The molecule has 0 amide bonds. The maximum absolute atomic E-state index is 6.12. The summed E-state index contributed by atoms with van der Waals surface area (Å²) in [6.45, 7) is 5.24. The van der Waals surface area contributed by atoms with Gasteiger partial charge in [0.15, 0.2) is 0 Å². The van der Waals surface area contributed by atoms with Crippen molar-refractivity contribution < 1.29 is 11.3 Å². The Bertz CT molecular complexity index is 372. The summed E-state index contributed by atoms with van der Waals surface area (Å²) in [6, 6.07) is 10.2. The number of hydrogen-bond acceptors (Lipinski definition) is 4. The van der Waals surface area contributed by atoms with Gasteiger partial charge in [0, 0.05) is 0 Å². The molecule has 4 rings (SSSR count). The van der Waals surface area contributed by atoms with Gasteiger partial charge < -0.3 is 0 Å². The second-order valence-corrected chi connectivity index (χ2v) is 10.0. The van der Waals surface area contributed by atoms with Crippen LogP contribution in [0.15, 0.2) is 30.3 Å². The minimum absolute atomic E-state index is 0.717. The van der Waals surface area contributed by atoms with Crippen molar-refractivity contribution in [1.29, 1.82) is 0 Å². The van der Waals surface area contributed by atoms with Crippen LogP contribution >= 0.6 is 0 Å². The first-order valence-electron chi connectivity index (χ1n) is 6.59. The molecule has 0 atom stereocenters. The van der Waals surface area contributed by atoms with Gasteiger partial charge in [0.1, 0.15) is 0 Å². The number of fused-ring (bicyclic) bond motifs is 7. The third kappa shape index (κ3) is 2.62. The van der Waals surface area contributed by atoms with E-state index in [1.165, 1.54) is 0 Å². The fourth-order valence-corrected chi connectivity index (χ4v) is 7.68. The zero-order chi connectivity index (χ0) is 12.3. The van der Waals surface area contributed by atoms with Crippen LogP contribution in [-0.2, 0) is 11.3 Å². The van der Waals surface area contributed by atoms with E-state index in [1.54, 1.807) is 0 Å². The van der Waals surface area contributed by atoms with Gasteiger partial charge in [-0.3, -0.25) is 0 Å². The summed E-state index contributed by atoms with van der Waals surface area (Å²) >= 11 is -3.24. The third-order valence-corrected chi connectivity index (χ3v) is 9.30. The molecule has 0 aromatic heterocycles. The van der Waals surface area contributed by atoms with E-state index in [1.807, 2.05) is 18.2 Å². The molecule has 0 N–H and O–H groups in total. The average Bonchev–Trinajstić information content (AvgIpc) is 2.55. The Labute approximate surface area is 111 Å². The monoisotopic (exact) mass is 311 g/mol. The van der Waals surface area contributed by atoms with Gasteiger partial charge in [0.05, 0.1) is 0 Å². The van der Waals surface area contributed by atoms with Crippen molar-refractivity contribution in [3.63, 3.8) is 0 Å². The summed E-state index contributed by atoms with van der Waals surface area (Å²) in [4.78, 5) is 2.39. The third-order valence-electron chi connectivity index (χ3n) is 3.44. The SMILES string of the molecule is c1cc[c]([Ge]23[O]CCCN(CC[O]2)CC[O]3)cc1. The van der Waals surface area contributed by atoms with E-state index in [9.17, 15) is 0 Å². The predicted octanol–water partition coefficient (Wildman–Crippen LogP) is 0.602. The summed E-state index contributed by atoms with van der Waals surface area (Å²) in [6.07, 6.45) is 1.06. The molecule has 0 radical (unpaired) electrons. The molecule has 3 saturated heterocycles. The second kappa shape index (κ2) is 5.71. The molecule has 0 unspecified atom stereocenters. The molecular formula is C13H19GeNO3. The van der Waals surface area contributed by atoms with E-state index in [0.29, 0.717) is 0 Å². The van der Waals surface area contributed by atoms with Crippen LogP contribution in [0.3, 0.4) is 0 Å². The minimum atomic E-state index is -3.24. The van der Waals surface area contributed by atoms with Crippen molar-refractivity contribution in [2.75, 3.05) is 39.5 Å². The fourth-order valence-electron chi connectivity index (χ4n) is 2.47. The summed E-state index contributed by atoms with van der Waals surface area (Å²) in [5.74, 6) is 0. The van der Waals surface area contributed by atoms with Gasteiger partial charge in [-0.2, -0.15) is 0 Å². The van der Waals surface area contributed by atoms with Crippen molar-refractivity contribution in [2.45, 2.75) is 6.42 Å². The van der Waals surface area contributed by atoms with Gasteiger partial charge >= 0.3 is 111 Å². The first kappa shape index (κ1) is 12.6.